The maximum Gasteiger partial charge on any atom is 0.237 e. The standard InChI is InChI=1S/C25H46N6O4/c1-25(2,15-27-23-18-6-4-5-7-19(18)24(33)30-29-23)14-26-20(32)12-13-21-28-22(31-35-21)16-8-10-17(34-3)11-9-16/h16-19,21-23,27-29,31H,4-15H2,1-3H3,(H,26,32)(H,30,33). The van der Waals surface area contributed by atoms with Crippen molar-refractivity contribution in [3.63, 3.8) is 0 Å². The SMILES string of the molecule is COC1CCC(C2NOC(CCC(=O)NCC(C)(C)CNC3NNC(=O)C4CCCCC34)N2)CC1. The topological polar surface area (TPSA) is 125 Å². The normalized spacial score (nSPS) is 35.9. The zero-order chi connectivity index (χ0) is 24.8. The summed E-state index contributed by atoms with van der Waals surface area (Å²) in [6, 6.07) is 0. The molecule has 2 amide bonds. The molecule has 6 N–H and O–H groups in total. The van der Waals surface area contributed by atoms with Crippen LogP contribution in [0.4, 0.5) is 0 Å². The zero-order valence-corrected chi connectivity index (χ0v) is 21.7. The number of hydrogen-bond donors (Lipinski definition) is 6. The minimum Gasteiger partial charge on any atom is -0.381 e. The first-order valence-electron chi connectivity index (χ1n) is 13.6. The first kappa shape index (κ1) is 26.8. The Kier molecular flexibility index (Phi) is 9.40. The van der Waals surface area contributed by atoms with Gasteiger partial charge in [0.25, 0.3) is 0 Å². The summed E-state index contributed by atoms with van der Waals surface area (Å²) in [5, 5.41) is 10.2. The molecule has 10 nitrogen and oxygen atoms in total. The number of nitrogens with one attached hydrogen (secondary N) is 6. The Bertz CT molecular complexity index is 714. The minimum atomic E-state index is -0.142. The van der Waals surface area contributed by atoms with E-state index in [0.717, 1.165) is 51.5 Å². The van der Waals surface area contributed by atoms with Gasteiger partial charge in [0.05, 0.1) is 18.4 Å². The van der Waals surface area contributed by atoms with E-state index in [1.54, 1.807) is 7.11 Å². The van der Waals surface area contributed by atoms with Crippen molar-refractivity contribution in [3.8, 4) is 0 Å². The van der Waals surface area contributed by atoms with Crippen LogP contribution in [0.5, 0.6) is 0 Å². The van der Waals surface area contributed by atoms with Crippen molar-refractivity contribution in [2.24, 2.45) is 23.2 Å². The van der Waals surface area contributed by atoms with Gasteiger partial charge in [-0.25, -0.2) is 5.43 Å². The van der Waals surface area contributed by atoms with E-state index in [9.17, 15) is 9.59 Å². The van der Waals surface area contributed by atoms with Crippen LogP contribution in [0.1, 0.15) is 78.1 Å². The Morgan fingerprint density at radius 2 is 1.89 bits per heavy atom. The van der Waals surface area contributed by atoms with Crippen LogP contribution in [0.15, 0.2) is 0 Å². The van der Waals surface area contributed by atoms with Gasteiger partial charge < -0.3 is 10.1 Å². The molecule has 4 aliphatic rings. The molecule has 2 saturated heterocycles. The van der Waals surface area contributed by atoms with Gasteiger partial charge in [-0.05, 0) is 56.3 Å². The highest BCUT2D eigenvalue weighted by Crippen LogP contribution is 2.34. The second-order valence-corrected chi connectivity index (χ2v) is 11.7. The van der Waals surface area contributed by atoms with Gasteiger partial charge in [-0.15, -0.1) is 0 Å². The molecule has 2 aliphatic heterocycles. The molecule has 5 unspecified atom stereocenters. The second-order valence-electron chi connectivity index (χ2n) is 11.7. The van der Waals surface area contributed by atoms with Crippen molar-refractivity contribution in [3.05, 3.63) is 0 Å². The predicted octanol–water partition coefficient (Wildman–Crippen LogP) is 1.25. The van der Waals surface area contributed by atoms with Crippen LogP contribution in [0.25, 0.3) is 0 Å². The largest absolute Gasteiger partial charge is 0.381 e. The molecular formula is C25H46N6O4. The Morgan fingerprint density at radius 3 is 2.66 bits per heavy atom. The lowest BCUT2D eigenvalue weighted by Gasteiger charge is -2.42. The molecule has 2 aliphatic carbocycles. The number of methoxy groups -OCH3 is 1. The molecule has 200 valence electrons. The molecule has 0 aromatic carbocycles. The first-order valence-corrected chi connectivity index (χ1v) is 13.6. The molecule has 35 heavy (non-hydrogen) atoms. The fourth-order valence-corrected chi connectivity index (χ4v) is 6.03. The Balaban J connectivity index is 1.11. The van der Waals surface area contributed by atoms with Gasteiger partial charge >= 0.3 is 0 Å². The minimum absolute atomic E-state index is 0.0444. The molecular weight excluding hydrogens is 448 g/mol. The van der Waals surface area contributed by atoms with Crippen molar-refractivity contribution in [2.75, 3.05) is 20.2 Å². The zero-order valence-electron chi connectivity index (χ0n) is 21.7. The number of rotatable bonds is 10. The van der Waals surface area contributed by atoms with Gasteiger partial charge in [0.15, 0.2) is 0 Å². The molecule has 0 bridgehead atoms. The van der Waals surface area contributed by atoms with Crippen molar-refractivity contribution in [1.29, 1.82) is 0 Å². The van der Waals surface area contributed by atoms with E-state index in [1.807, 2.05) is 0 Å². The van der Waals surface area contributed by atoms with Gasteiger partial charge in [0.2, 0.25) is 11.8 Å². The third kappa shape index (κ3) is 7.36. The number of carbonyl (C=O) groups excluding carboxylic acids is 2. The van der Waals surface area contributed by atoms with Crippen LogP contribution in [-0.4, -0.2) is 56.7 Å². The quantitative estimate of drug-likeness (QED) is 0.268. The van der Waals surface area contributed by atoms with E-state index in [0.29, 0.717) is 37.3 Å². The van der Waals surface area contributed by atoms with E-state index in [1.165, 1.54) is 6.42 Å². The van der Waals surface area contributed by atoms with Crippen LogP contribution in [0, 0.1) is 23.2 Å². The molecule has 5 atom stereocenters. The highest BCUT2D eigenvalue weighted by molar-refractivity contribution is 5.79. The van der Waals surface area contributed by atoms with Crippen LogP contribution in [-0.2, 0) is 19.2 Å². The molecule has 4 fully saturated rings. The van der Waals surface area contributed by atoms with Crippen LogP contribution >= 0.6 is 0 Å². The third-order valence-electron chi connectivity index (χ3n) is 8.36. The second kappa shape index (κ2) is 12.3. The number of carbonyl (C=O) groups is 2. The van der Waals surface area contributed by atoms with Crippen molar-refractivity contribution in [2.45, 2.75) is 103 Å². The Morgan fingerprint density at radius 1 is 1.11 bits per heavy atom. The summed E-state index contributed by atoms with van der Waals surface area (Å²) in [5.41, 5.74) is 9.02. The van der Waals surface area contributed by atoms with Crippen molar-refractivity contribution in [1.82, 2.24) is 32.3 Å². The highest BCUT2D eigenvalue weighted by atomic mass is 16.7. The number of fused-ring (bicyclic) bond motifs is 1. The lowest BCUT2D eigenvalue weighted by atomic mass is 9.76. The average Bonchev–Trinajstić information content (AvgIpc) is 3.35. The van der Waals surface area contributed by atoms with Gasteiger partial charge in [-0.2, -0.15) is 5.48 Å². The number of ether oxygens (including phenoxy) is 1. The van der Waals surface area contributed by atoms with E-state index in [-0.39, 0.29) is 41.7 Å². The Hall–Kier alpha value is -1.30. The fraction of sp³-hybridized carbons (Fsp3) is 0.920. The number of hydrazine groups is 1. The monoisotopic (exact) mass is 494 g/mol. The maximum atomic E-state index is 12.5. The van der Waals surface area contributed by atoms with E-state index >= 15 is 0 Å². The summed E-state index contributed by atoms with van der Waals surface area (Å²) in [7, 11) is 1.79. The molecule has 0 radical (unpaired) electrons. The molecule has 0 aromatic heterocycles. The van der Waals surface area contributed by atoms with Gasteiger partial charge in [0.1, 0.15) is 6.23 Å². The third-order valence-corrected chi connectivity index (χ3v) is 8.36. The van der Waals surface area contributed by atoms with Crippen LogP contribution < -0.4 is 32.3 Å². The summed E-state index contributed by atoms with van der Waals surface area (Å²) >= 11 is 0. The molecule has 2 saturated carbocycles. The van der Waals surface area contributed by atoms with E-state index < -0.39 is 0 Å². The highest BCUT2D eigenvalue weighted by Gasteiger charge is 2.40. The predicted molar refractivity (Wildman–Crippen MR) is 132 cm³/mol. The number of amides is 2. The summed E-state index contributed by atoms with van der Waals surface area (Å²) in [6.45, 7) is 5.63. The molecule has 4 rings (SSSR count). The fourth-order valence-electron chi connectivity index (χ4n) is 6.03. The molecule has 10 heteroatoms. The first-order chi connectivity index (χ1) is 16.8. The number of hydroxylamine groups is 1. The summed E-state index contributed by atoms with van der Waals surface area (Å²) in [6.07, 6.45) is 10.3. The molecule has 0 spiro atoms. The summed E-state index contributed by atoms with van der Waals surface area (Å²) < 4.78 is 5.47. The van der Waals surface area contributed by atoms with Crippen molar-refractivity contribution < 1.29 is 19.2 Å². The lowest BCUT2D eigenvalue weighted by molar-refractivity contribution is -0.134. The van der Waals surface area contributed by atoms with Crippen molar-refractivity contribution >= 4 is 11.8 Å². The van der Waals surface area contributed by atoms with E-state index in [2.05, 4.69) is 46.1 Å². The summed E-state index contributed by atoms with van der Waals surface area (Å²) in [4.78, 5) is 30.4. The maximum absolute atomic E-state index is 12.5. The molecule has 2 heterocycles. The lowest BCUT2D eigenvalue weighted by Crippen LogP contribution is -2.65. The molecule has 0 aromatic rings. The Labute approximate surface area is 209 Å². The summed E-state index contributed by atoms with van der Waals surface area (Å²) in [5.74, 6) is 1.13. The van der Waals surface area contributed by atoms with Gasteiger partial charge in [0, 0.05) is 38.5 Å². The van der Waals surface area contributed by atoms with Crippen LogP contribution in [0.2, 0.25) is 0 Å². The van der Waals surface area contributed by atoms with Gasteiger partial charge in [-0.3, -0.25) is 30.5 Å². The average molecular weight is 495 g/mol. The van der Waals surface area contributed by atoms with Gasteiger partial charge in [-0.1, -0.05) is 26.7 Å². The van der Waals surface area contributed by atoms with E-state index in [4.69, 9.17) is 9.57 Å². The smallest absolute Gasteiger partial charge is 0.237 e. The van der Waals surface area contributed by atoms with Crippen LogP contribution in [0.3, 0.4) is 0 Å². The number of hydrogen-bond acceptors (Lipinski definition) is 8.